The predicted octanol–water partition coefficient (Wildman–Crippen LogP) is 2.88. The number of nitrogens with zero attached hydrogens (tertiary/aromatic N) is 4. The quantitative estimate of drug-likeness (QED) is 0.709. The van der Waals surface area contributed by atoms with Crippen molar-refractivity contribution in [2.75, 3.05) is 4.72 Å². The van der Waals surface area contributed by atoms with Gasteiger partial charge in [0.15, 0.2) is 0 Å². The largest absolute Gasteiger partial charge is 0.278 e. The molecule has 0 saturated heterocycles. The molecule has 0 bridgehead atoms. The van der Waals surface area contributed by atoms with Crippen molar-refractivity contribution in [1.29, 1.82) is 0 Å². The predicted molar refractivity (Wildman–Crippen MR) is 89.1 cm³/mol. The highest BCUT2D eigenvalue weighted by Crippen LogP contribution is 2.27. The topological polar surface area (TPSA) is 89.8 Å². The molecule has 0 fully saturated rings. The van der Waals surface area contributed by atoms with E-state index in [4.69, 9.17) is 11.6 Å². The third-order valence-corrected chi connectivity index (χ3v) is 5.17. The van der Waals surface area contributed by atoms with Gasteiger partial charge in [-0.1, -0.05) is 27.5 Å². The molecule has 3 rings (SSSR count). The Kier molecular flexibility index (Phi) is 4.33. The Morgan fingerprint density at radius 1 is 1.13 bits per heavy atom. The molecule has 1 aromatic heterocycles. The average molecular weight is 415 g/mol. The van der Waals surface area contributed by atoms with Crippen LogP contribution in [0.25, 0.3) is 5.69 Å². The highest BCUT2D eigenvalue weighted by Gasteiger charge is 2.16. The zero-order chi connectivity index (χ0) is 16.4. The number of hydrogen-bond donors (Lipinski definition) is 1. The summed E-state index contributed by atoms with van der Waals surface area (Å²) in [6.45, 7) is 0. The number of nitrogens with one attached hydrogen (secondary N) is 1. The molecule has 23 heavy (non-hydrogen) atoms. The molecule has 1 N–H and O–H groups in total. The molecule has 0 aliphatic carbocycles. The lowest BCUT2D eigenvalue weighted by Crippen LogP contribution is -2.13. The molecule has 0 amide bonds. The van der Waals surface area contributed by atoms with Crippen LogP contribution >= 0.6 is 27.5 Å². The Labute approximate surface area is 145 Å². The molecule has 0 aliphatic heterocycles. The van der Waals surface area contributed by atoms with Crippen LogP contribution in [0, 0.1) is 0 Å². The number of anilines is 1. The first-order valence-electron chi connectivity index (χ1n) is 6.27. The van der Waals surface area contributed by atoms with Gasteiger partial charge >= 0.3 is 0 Å². The zero-order valence-electron chi connectivity index (χ0n) is 11.4. The molecule has 1 heterocycles. The van der Waals surface area contributed by atoms with Gasteiger partial charge in [0.2, 0.25) is 0 Å². The van der Waals surface area contributed by atoms with Crippen molar-refractivity contribution in [1.82, 2.24) is 20.2 Å². The van der Waals surface area contributed by atoms with Gasteiger partial charge in [0.25, 0.3) is 10.0 Å². The second-order valence-electron chi connectivity index (χ2n) is 4.48. The van der Waals surface area contributed by atoms with Crippen LogP contribution in [0.1, 0.15) is 0 Å². The fraction of sp³-hybridized carbons (Fsp3) is 0. The summed E-state index contributed by atoms with van der Waals surface area (Å²) in [7, 11) is -3.75. The molecule has 0 radical (unpaired) electrons. The van der Waals surface area contributed by atoms with Crippen molar-refractivity contribution in [3.63, 3.8) is 0 Å². The second kappa shape index (κ2) is 6.26. The number of aromatic nitrogens is 4. The van der Waals surface area contributed by atoms with Crippen molar-refractivity contribution < 1.29 is 8.42 Å². The van der Waals surface area contributed by atoms with Gasteiger partial charge in [-0.3, -0.25) is 4.72 Å². The Morgan fingerprint density at radius 2 is 1.87 bits per heavy atom. The lowest BCUT2D eigenvalue weighted by Gasteiger charge is -2.11. The summed E-state index contributed by atoms with van der Waals surface area (Å²) in [4.78, 5) is 0.129. The minimum absolute atomic E-state index is 0.129. The number of rotatable bonds is 4. The number of sulfonamides is 1. The SMILES string of the molecule is O=S(=O)(Nc1cc(-n2cnnn2)ccc1Cl)c1ccc(Br)cc1. The fourth-order valence-electron chi connectivity index (χ4n) is 1.83. The monoisotopic (exact) mass is 413 g/mol. The standard InChI is InChI=1S/C13H9BrClN5O2S/c14-9-1-4-11(5-2-9)23(21,22)17-13-7-10(3-6-12(13)15)20-8-16-18-19-20/h1-8,17H. The van der Waals surface area contributed by atoms with E-state index in [2.05, 4.69) is 36.2 Å². The van der Waals surface area contributed by atoms with Crippen LogP contribution in [0.4, 0.5) is 5.69 Å². The lowest BCUT2D eigenvalue weighted by molar-refractivity contribution is 0.601. The van der Waals surface area contributed by atoms with Gasteiger partial charge in [0.05, 0.1) is 21.3 Å². The van der Waals surface area contributed by atoms with Gasteiger partial charge in [0.1, 0.15) is 6.33 Å². The lowest BCUT2D eigenvalue weighted by atomic mass is 10.3. The Hall–Kier alpha value is -1.97. The molecule has 0 spiro atoms. The van der Waals surface area contributed by atoms with Gasteiger partial charge in [-0.15, -0.1) is 5.10 Å². The van der Waals surface area contributed by atoms with Crippen LogP contribution in [-0.2, 0) is 10.0 Å². The molecule has 0 aliphatic rings. The maximum atomic E-state index is 12.4. The van der Waals surface area contributed by atoms with Gasteiger partial charge in [-0.2, -0.15) is 0 Å². The average Bonchev–Trinajstić information content (AvgIpc) is 3.04. The molecule has 0 unspecified atom stereocenters. The van der Waals surface area contributed by atoms with Gasteiger partial charge in [-0.25, -0.2) is 13.1 Å². The number of benzene rings is 2. The summed E-state index contributed by atoms with van der Waals surface area (Å²) in [6, 6.07) is 11.1. The van der Waals surface area contributed by atoms with Crippen molar-refractivity contribution >= 4 is 43.2 Å². The summed E-state index contributed by atoms with van der Waals surface area (Å²) >= 11 is 9.35. The van der Waals surface area contributed by atoms with E-state index in [1.807, 2.05) is 0 Å². The maximum Gasteiger partial charge on any atom is 0.261 e. The molecule has 118 valence electrons. The molecular weight excluding hydrogens is 406 g/mol. The van der Waals surface area contributed by atoms with E-state index >= 15 is 0 Å². The van der Waals surface area contributed by atoms with Crippen LogP contribution < -0.4 is 4.72 Å². The summed E-state index contributed by atoms with van der Waals surface area (Å²) < 4.78 is 29.5. The minimum Gasteiger partial charge on any atom is -0.278 e. The summed E-state index contributed by atoms with van der Waals surface area (Å²) in [5, 5.41) is 11.1. The Balaban J connectivity index is 1.96. The van der Waals surface area contributed by atoms with Crippen LogP contribution in [0.2, 0.25) is 5.02 Å². The molecule has 2 aromatic carbocycles. The van der Waals surface area contributed by atoms with Gasteiger partial charge in [-0.05, 0) is 52.9 Å². The molecule has 7 nitrogen and oxygen atoms in total. The Bertz CT molecular complexity index is 930. The highest BCUT2D eigenvalue weighted by molar-refractivity contribution is 9.10. The molecule has 3 aromatic rings. The number of hydrogen-bond acceptors (Lipinski definition) is 5. The highest BCUT2D eigenvalue weighted by atomic mass is 79.9. The summed E-state index contributed by atoms with van der Waals surface area (Å²) in [6.07, 6.45) is 1.40. The summed E-state index contributed by atoms with van der Waals surface area (Å²) in [5.41, 5.74) is 0.815. The van der Waals surface area contributed by atoms with E-state index < -0.39 is 10.0 Å². The smallest absolute Gasteiger partial charge is 0.261 e. The van der Waals surface area contributed by atoms with Gasteiger partial charge in [0, 0.05) is 4.47 Å². The molecule has 0 saturated carbocycles. The second-order valence-corrected chi connectivity index (χ2v) is 7.48. The van der Waals surface area contributed by atoms with Crippen LogP contribution in [0.5, 0.6) is 0 Å². The first-order chi connectivity index (χ1) is 11.0. The molecular formula is C13H9BrClN5O2S. The first kappa shape index (κ1) is 15.9. The van der Waals surface area contributed by atoms with E-state index in [1.165, 1.54) is 23.1 Å². The third kappa shape index (κ3) is 3.52. The zero-order valence-corrected chi connectivity index (χ0v) is 14.5. The third-order valence-electron chi connectivity index (χ3n) is 2.93. The Morgan fingerprint density at radius 3 is 2.52 bits per heavy atom. The van der Waals surface area contributed by atoms with Crippen LogP contribution in [-0.4, -0.2) is 28.6 Å². The van der Waals surface area contributed by atoms with Gasteiger partial charge < -0.3 is 0 Å². The van der Waals surface area contributed by atoms with E-state index in [0.29, 0.717) is 5.69 Å². The fourth-order valence-corrected chi connectivity index (χ4v) is 3.39. The van der Waals surface area contributed by atoms with E-state index in [0.717, 1.165) is 4.47 Å². The van der Waals surface area contributed by atoms with Crippen molar-refractivity contribution in [2.24, 2.45) is 0 Å². The van der Waals surface area contributed by atoms with E-state index in [-0.39, 0.29) is 15.6 Å². The van der Waals surface area contributed by atoms with Crippen molar-refractivity contribution in [2.45, 2.75) is 4.90 Å². The van der Waals surface area contributed by atoms with Crippen molar-refractivity contribution in [3.05, 3.63) is 58.3 Å². The van der Waals surface area contributed by atoms with E-state index in [1.54, 1.807) is 30.3 Å². The minimum atomic E-state index is -3.75. The van der Waals surface area contributed by atoms with E-state index in [9.17, 15) is 8.42 Å². The van der Waals surface area contributed by atoms with Crippen LogP contribution in [0.15, 0.2) is 58.2 Å². The van der Waals surface area contributed by atoms with Crippen LogP contribution in [0.3, 0.4) is 0 Å². The first-order valence-corrected chi connectivity index (χ1v) is 8.92. The maximum absolute atomic E-state index is 12.4. The normalized spacial score (nSPS) is 11.4. The number of halogens is 2. The molecule has 10 heteroatoms. The summed E-state index contributed by atoms with van der Waals surface area (Å²) in [5.74, 6) is 0. The number of tetrazole rings is 1. The van der Waals surface area contributed by atoms with Crippen molar-refractivity contribution in [3.8, 4) is 5.69 Å². The molecule has 0 atom stereocenters.